The van der Waals surface area contributed by atoms with Gasteiger partial charge in [-0.25, -0.2) is 8.42 Å². The van der Waals surface area contributed by atoms with E-state index < -0.39 is 10.0 Å². The third-order valence-electron chi connectivity index (χ3n) is 2.39. The Morgan fingerprint density at radius 2 is 2.06 bits per heavy atom. The summed E-state index contributed by atoms with van der Waals surface area (Å²) in [4.78, 5) is 11.3. The molecule has 0 aromatic carbocycles. The second kappa shape index (κ2) is 6.73. The topological polar surface area (TPSA) is 75.7 Å². The van der Waals surface area contributed by atoms with Crippen molar-refractivity contribution in [3.05, 3.63) is 12.7 Å². The van der Waals surface area contributed by atoms with E-state index in [1.807, 2.05) is 0 Å². The van der Waals surface area contributed by atoms with E-state index in [1.54, 1.807) is 6.08 Å². The molecule has 0 atom stereocenters. The fourth-order valence-electron chi connectivity index (χ4n) is 1.45. The highest BCUT2D eigenvalue weighted by atomic mass is 32.2. The zero-order chi connectivity index (χ0) is 12.7. The molecule has 6 nitrogen and oxygen atoms in total. The predicted molar refractivity (Wildman–Crippen MR) is 64.0 cm³/mol. The molecule has 1 rings (SSSR count). The van der Waals surface area contributed by atoms with Crippen molar-refractivity contribution >= 4 is 15.9 Å². The lowest BCUT2D eigenvalue weighted by Crippen LogP contribution is -2.42. The van der Waals surface area contributed by atoms with E-state index in [4.69, 9.17) is 4.74 Å². The third kappa shape index (κ3) is 4.84. The molecule has 0 bridgehead atoms. The normalized spacial score (nSPS) is 17.6. The van der Waals surface area contributed by atoms with Crippen LogP contribution in [0.25, 0.3) is 0 Å². The molecule has 1 aliphatic heterocycles. The average molecular weight is 262 g/mol. The standard InChI is InChI=1S/C10H18N2O4S/c1-2-4-11-10(13)3-9-17(14,15)12-5-7-16-8-6-12/h2H,1,3-9H2,(H,11,13). The largest absolute Gasteiger partial charge is 0.379 e. The van der Waals surface area contributed by atoms with Crippen molar-refractivity contribution in [1.82, 2.24) is 9.62 Å². The van der Waals surface area contributed by atoms with Gasteiger partial charge in [-0.1, -0.05) is 6.08 Å². The van der Waals surface area contributed by atoms with Gasteiger partial charge in [0, 0.05) is 26.1 Å². The number of nitrogens with zero attached hydrogens (tertiary/aromatic N) is 1. The smallest absolute Gasteiger partial charge is 0.221 e. The van der Waals surface area contributed by atoms with Crippen LogP contribution < -0.4 is 5.32 Å². The van der Waals surface area contributed by atoms with Crippen LogP contribution in [-0.2, 0) is 19.6 Å². The van der Waals surface area contributed by atoms with Crippen LogP contribution in [0.2, 0.25) is 0 Å². The third-order valence-corrected chi connectivity index (χ3v) is 4.27. The van der Waals surface area contributed by atoms with E-state index >= 15 is 0 Å². The maximum absolute atomic E-state index is 11.8. The first-order chi connectivity index (χ1) is 8.06. The molecule has 0 spiro atoms. The number of amides is 1. The molecule has 98 valence electrons. The van der Waals surface area contributed by atoms with Crippen LogP contribution in [0.1, 0.15) is 6.42 Å². The molecule has 0 aromatic rings. The summed E-state index contributed by atoms with van der Waals surface area (Å²) < 4.78 is 30.1. The van der Waals surface area contributed by atoms with Crippen molar-refractivity contribution in [2.24, 2.45) is 0 Å². The Hall–Kier alpha value is -0.920. The van der Waals surface area contributed by atoms with Gasteiger partial charge in [0.25, 0.3) is 0 Å². The van der Waals surface area contributed by atoms with E-state index in [9.17, 15) is 13.2 Å². The summed E-state index contributed by atoms with van der Waals surface area (Å²) in [6.07, 6.45) is 1.53. The highest BCUT2D eigenvalue weighted by molar-refractivity contribution is 7.89. The second-order valence-corrected chi connectivity index (χ2v) is 5.76. The molecule has 1 fully saturated rings. The number of sulfonamides is 1. The molecular formula is C10H18N2O4S. The Morgan fingerprint density at radius 3 is 2.65 bits per heavy atom. The average Bonchev–Trinajstić information content (AvgIpc) is 2.35. The van der Waals surface area contributed by atoms with Gasteiger partial charge in [-0.2, -0.15) is 4.31 Å². The minimum atomic E-state index is -3.34. The SMILES string of the molecule is C=CCNC(=O)CCS(=O)(=O)N1CCOCC1. The predicted octanol–water partition coefficient (Wildman–Crippen LogP) is -0.659. The number of nitrogens with one attached hydrogen (secondary N) is 1. The number of hydrogen-bond acceptors (Lipinski definition) is 4. The fraction of sp³-hybridized carbons (Fsp3) is 0.700. The molecule has 1 saturated heterocycles. The highest BCUT2D eigenvalue weighted by Gasteiger charge is 2.24. The molecule has 0 aliphatic carbocycles. The molecule has 1 N–H and O–H groups in total. The number of hydrogen-bond donors (Lipinski definition) is 1. The molecule has 0 saturated carbocycles. The van der Waals surface area contributed by atoms with Crippen LogP contribution in [0.5, 0.6) is 0 Å². The molecular weight excluding hydrogens is 244 g/mol. The van der Waals surface area contributed by atoms with Crippen molar-refractivity contribution in [2.75, 3.05) is 38.6 Å². The van der Waals surface area contributed by atoms with Crippen LogP contribution in [0.3, 0.4) is 0 Å². The van der Waals surface area contributed by atoms with Crippen LogP contribution >= 0.6 is 0 Å². The van der Waals surface area contributed by atoms with Gasteiger partial charge in [0.15, 0.2) is 0 Å². The monoisotopic (exact) mass is 262 g/mol. The molecule has 1 amide bonds. The van der Waals surface area contributed by atoms with Crippen LogP contribution in [0.4, 0.5) is 0 Å². The van der Waals surface area contributed by atoms with Crippen LogP contribution in [0.15, 0.2) is 12.7 Å². The van der Waals surface area contributed by atoms with Gasteiger partial charge in [-0.15, -0.1) is 6.58 Å². The first-order valence-corrected chi connectivity index (χ1v) is 7.10. The maximum Gasteiger partial charge on any atom is 0.221 e. The summed E-state index contributed by atoms with van der Waals surface area (Å²) in [5.74, 6) is -0.433. The van der Waals surface area contributed by atoms with E-state index in [2.05, 4.69) is 11.9 Å². The second-order valence-electron chi connectivity index (χ2n) is 3.67. The number of ether oxygens (including phenoxy) is 1. The van der Waals surface area contributed by atoms with Crippen molar-refractivity contribution in [1.29, 1.82) is 0 Å². The van der Waals surface area contributed by atoms with Gasteiger partial charge in [0.2, 0.25) is 15.9 Å². The Labute approximate surface area is 102 Å². The Bertz CT molecular complexity index is 361. The molecule has 0 aromatic heterocycles. The van der Waals surface area contributed by atoms with Crippen molar-refractivity contribution < 1.29 is 17.9 Å². The lowest BCUT2D eigenvalue weighted by atomic mass is 10.4. The van der Waals surface area contributed by atoms with Gasteiger partial charge >= 0.3 is 0 Å². The lowest BCUT2D eigenvalue weighted by molar-refractivity contribution is -0.120. The molecule has 7 heteroatoms. The van der Waals surface area contributed by atoms with Gasteiger partial charge < -0.3 is 10.1 Å². The lowest BCUT2D eigenvalue weighted by Gasteiger charge is -2.25. The zero-order valence-electron chi connectivity index (χ0n) is 9.72. The summed E-state index contributed by atoms with van der Waals surface area (Å²) >= 11 is 0. The first kappa shape index (κ1) is 14.1. The van der Waals surface area contributed by atoms with Gasteiger partial charge in [-0.3, -0.25) is 4.79 Å². The number of carbonyl (C=O) groups is 1. The van der Waals surface area contributed by atoms with E-state index in [1.165, 1.54) is 4.31 Å². The van der Waals surface area contributed by atoms with Crippen LogP contribution in [-0.4, -0.2) is 57.2 Å². The van der Waals surface area contributed by atoms with Crippen molar-refractivity contribution in [3.63, 3.8) is 0 Å². The zero-order valence-corrected chi connectivity index (χ0v) is 10.5. The molecule has 1 aliphatic rings. The van der Waals surface area contributed by atoms with Crippen molar-refractivity contribution in [2.45, 2.75) is 6.42 Å². The summed E-state index contributed by atoms with van der Waals surface area (Å²) in [6.45, 7) is 5.40. The van der Waals surface area contributed by atoms with Crippen molar-refractivity contribution in [3.8, 4) is 0 Å². The van der Waals surface area contributed by atoms with E-state index in [0.29, 0.717) is 32.8 Å². The molecule has 0 radical (unpaired) electrons. The summed E-state index contributed by atoms with van der Waals surface area (Å²) in [5, 5.41) is 2.54. The number of rotatable bonds is 6. The minimum absolute atomic E-state index is 0.0203. The summed E-state index contributed by atoms with van der Waals surface area (Å²) in [5.41, 5.74) is 0. The molecule has 0 unspecified atom stereocenters. The first-order valence-electron chi connectivity index (χ1n) is 5.49. The van der Waals surface area contributed by atoms with Crippen LogP contribution in [0, 0.1) is 0 Å². The molecule has 17 heavy (non-hydrogen) atoms. The van der Waals surface area contributed by atoms with Gasteiger partial charge in [0.05, 0.1) is 19.0 Å². The fourth-order valence-corrected chi connectivity index (χ4v) is 2.86. The Morgan fingerprint density at radius 1 is 1.41 bits per heavy atom. The van der Waals surface area contributed by atoms with Gasteiger partial charge in [0.1, 0.15) is 0 Å². The summed E-state index contributed by atoms with van der Waals surface area (Å²) in [6, 6.07) is 0. The van der Waals surface area contributed by atoms with E-state index in [-0.39, 0.29) is 18.1 Å². The highest BCUT2D eigenvalue weighted by Crippen LogP contribution is 2.06. The summed E-state index contributed by atoms with van der Waals surface area (Å²) in [7, 11) is -3.34. The van der Waals surface area contributed by atoms with E-state index in [0.717, 1.165) is 0 Å². The Kier molecular flexibility index (Phi) is 5.60. The maximum atomic E-state index is 11.8. The van der Waals surface area contributed by atoms with Gasteiger partial charge in [-0.05, 0) is 0 Å². The number of morpholine rings is 1. The quantitative estimate of drug-likeness (QED) is 0.645. The Balaban J connectivity index is 2.38. The number of carbonyl (C=O) groups excluding carboxylic acids is 1. The minimum Gasteiger partial charge on any atom is -0.379 e. The molecule has 1 heterocycles.